The first-order chi connectivity index (χ1) is 22.3. The van der Waals surface area contributed by atoms with Crippen LogP contribution in [0.4, 0.5) is 0 Å². The van der Waals surface area contributed by atoms with Gasteiger partial charge in [0, 0.05) is 10.0 Å². The number of allylic oxidation sites excluding steroid dienone is 1. The van der Waals surface area contributed by atoms with Gasteiger partial charge in [-0.15, -0.1) is 0 Å². The summed E-state index contributed by atoms with van der Waals surface area (Å²) in [7, 11) is 3.16. The van der Waals surface area contributed by atoms with Gasteiger partial charge in [0.1, 0.15) is 18.4 Å². The maximum Gasteiger partial charge on any atom is 0.338 e. The number of rotatable bonds is 9. The summed E-state index contributed by atoms with van der Waals surface area (Å²) >= 11 is 4.71. The Morgan fingerprint density at radius 1 is 0.978 bits per heavy atom. The fourth-order valence-electron chi connectivity index (χ4n) is 5.59. The van der Waals surface area contributed by atoms with E-state index in [-0.39, 0.29) is 12.2 Å². The third kappa shape index (κ3) is 5.98. The lowest BCUT2D eigenvalue weighted by atomic mass is 9.90. The van der Waals surface area contributed by atoms with Crippen LogP contribution >= 0.6 is 27.3 Å². The number of methoxy groups -OCH3 is 2. The molecular weight excluding hydrogens is 668 g/mol. The van der Waals surface area contributed by atoms with Crippen LogP contribution in [0.15, 0.2) is 104 Å². The summed E-state index contributed by atoms with van der Waals surface area (Å²) < 4.78 is 26.0. The number of esters is 1. The number of hydrogen-bond donors (Lipinski definition) is 0. The van der Waals surface area contributed by atoms with Gasteiger partial charge in [-0.1, -0.05) is 75.8 Å². The number of aromatic nitrogens is 1. The molecule has 0 saturated heterocycles. The fraction of sp³-hybridized carbons (Fsp3) is 0.194. The highest BCUT2D eigenvalue weighted by atomic mass is 79.9. The Hall–Kier alpha value is -4.67. The van der Waals surface area contributed by atoms with E-state index in [0.717, 1.165) is 26.4 Å². The minimum atomic E-state index is -0.817. The smallest absolute Gasteiger partial charge is 0.338 e. The monoisotopic (exact) mass is 698 g/mol. The van der Waals surface area contributed by atoms with Gasteiger partial charge in [0.25, 0.3) is 5.56 Å². The number of ether oxygens (including phenoxy) is 4. The van der Waals surface area contributed by atoms with Crippen molar-refractivity contribution in [2.24, 2.45) is 4.99 Å². The van der Waals surface area contributed by atoms with Crippen molar-refractivity contribution in [2.45, 2.75) is 26.5 Å². The second-order valence-corrected chi connectivity index (χ2v) is 12.5. The van der Waals surface area contributed by atoms with Crippen LogP contribution in [0, 0.1) is 0 Å². The van der Waals surface area contributed by atoms with Crippen molar-refractivity contribution in [1.29, 1.82) is 0 Å². The van der Waals surface area contributed by atoms with Gasteiger partial charge < -0.3 is 18.9 Å². The van der Waals surface area contributed by atoms with Gasteiger partial charge in [-0.2, -0.15) is 0 Å². The summed E-state index contributed by atoms with van der Waals surface area (Å²) in [5.41, 5.74) is 2.96. The van der Waals surface area contributed by atoms with Crippen LogP contribution in [-0.4, -0.2) is 31.4 Å². The van der Waals surface area contributed by atoms with Crippen molar-refractivity contribution in [2.75, 3.05) is 20.8 Å². The van der Waals surface area contributed by atoms with E-state index in [9.17, 15) is 9.59 Å². The molecule has 46 heavy (non-hydrogen) atoms. The first-order valence-electron chi connectivity index (χ1n) is 14.6. The summed E-state index contributed by atoms with van der Waals surface area (Å²) in [6.07, 6.45) is 1.80. The molecule has 0 unspecified atom stereocenters. The molecular formula is C36H31BrN2O6S. The number of carbonyl (C=O) groups excluding carboxylic acids is 1. The number of hydrogen-bond acceptors (Lipinski definition) is 8. The van der Waals surface area contributed by atoms with Crippen molar-refractivity contribution in [3.63, 3.8) is 0 Å². The molecule has 0 amide bonds. The molecule has 0 bridgehead atoms. The lowest BCUT2D eigenvalue weighted by Gasteiger charge is -2.27. The van der Waals surface area contributed by atoms with E-state index in [1.807, 2.05) is 78.9 Å². The van der Waals surface area contributed by atoms with Gasteiger partial charge in [-0.05, 0) is 72.2 Å². The second kappa shape index (κ2) is 13.4. The lowest BCUT2D eigenvalue weighted by molar-refractivity contribution is -0.139. The third-order valence-corrected chi connectivity index (χ3v) is 9.25. The maximum absolute atomic E-state index is 14.3. The van der Waals surface area contributed by atoms with Gasteiger partial charge >= 0.3 is 5.97 Å². The molecule has 1 aliphatic heterocycles. The molecule has 0 aliphatic carbocycles. The van der Waals surface area contributed by atoms with Gasteiger partial charge in [0.15, 0.2) is 16.3 Å². The zero-order valence-corrected chi connectivity index (χ0v) is 28.1. The van der Waals surface area contributed by atoms with E-state index in [0.29, 0.717) is 50.0 Å². The van der Waals surface area contributed by atoms with Crippen LogP contribution < -0.4 is 29.1 Å². The zero-order chi connectivity index (χ0) is 32.4. The second-order valence-electron chi connectivity index (χ2n) is 10.5. The normalized spacial score (nSPS) is 14.5. The minimum absolute atomic E-state index is 0.185. The zero-order valence-electron chi connectivity index (χ0n) is 25.7. The van der Waals surface area contributed by atoms with Gasteiger partial charge in [-0.25, -0.2) is 9.79 Å². The molecule has 6 rings (SSSR count). The van der Waals surface area contributed by atoms with E-state index in [1.165, 1.54) is 11.3 Å². The quantitative estimate of drug-likeness (QED) is 0.168. The Bertz CT molecular complexity index is 2170. The first kappa shape index (κ1) is 31.3. The summed E-state index contributed by atoms with van der Waals surface area (Å²) in [5.74, 6) is 1.15. The molecule has 2 heterocycles. The third-order valence-electron chi connectivity index (χ3n) is 7.73. The number of halogens is 1. The average Bonchev–Trinajstić information content (AvgIpc) is 3.37. The highest BCUT2D eigenvalue weighted by Crippen LogP contribution is 2.40. The minimum Gasteiger partial charge on any atom is -0.496 e. The molecule has 8 nitrogen and oxygen atoms in total. The Morgan fingerprint density at radius 3 is 2.46 bits per heavy atom. The molecule has 0 spiro atoms. The van der Waals surface area contributed by atoms with Crippen molar-refractivity contribution in [3.05, 3.63) is 131 Å². The van der Waals surface area contributed by atoms with E-state index in [1.54, 1.807) is 38.7 Å². The molecule has 10 heteroatoms. The molecule has 0 saturated carbocycles. The number of fused-ring (bicyclic) bond motifs is 2. The maximum atomic E-state index is 14.3. The van der Waals surface area contributed by atoms with Crippen molar-refractivity contribution < 1.29 is 23.7 Å². The SMILES string of the molecule is CCOC(=O)C1=C(C)N=c2s/c(=C\c3ccc(OCc4ccc(Br)cc4)c(OC)c3)c(=O)n2[C@H]1c1c(OC)ccc2ccccc12. The van der Waals surface area contributed by atoms with Crippen LogP contribution in [0.2, 0.25) is 0 Å². The van der Waals surface area contributed by atoms with Crippen molar-refractivity contribution >= 4 is 50.1 Å². The Kier molecular flexibility index (Phi) is 9.10. The van der Waals surface area contributed by atoms with Crippen molar-refractivity contribution in [3.8, 4) is 17.2 Å². The molecule has 1 atom stereocenters. The summed E-state index contributed by atoms with van der Waals surface area (Å²) in [4.78, 5) is 33.0. The van der Waals surface area contributed by atoms with E-state index in [2.05, 4.69) is 15.9 Å². The van der Waals surface area contributed by atoms with Gasteiger partial charge in [-0.3, -0.25) is 9.36 Å². The number of nitrogens with zero attached hydrogens (tertiary/aromatic N) is 2. The van der Waals surface area contributed by atoms with Crippen LogP contribution in [0.5, 0.6) is 17.2 Å². The van der Waals surface area contributed by atoms with Crippen LogP contribution in [0.25, 0.3) is 16.8 Å². The molecule has 0 fully saturated rings. The van der Waals surface area contributed by atoms with Crippen molar-refractivity contribution in [1.82, 2.24) is 4.57 Å². The largest absolute Gasteiger partial charge is 0.496 e. The fourth-order valence-corrected chi connectivity index (χ4v) is 6.90. The van der Waals surface area contributed by atoms with Crippen LogP contribution in [0.1, 0.15) is 36.6 Å². The first-order valence-corrected chi connectivity index (χ1v) is 16.2. The highest BCUT2D eigenvalue weighted by molar-refractivity contribution is 9.10. The standard InChI is InChI=1S/C36H31BrN2O6S/c1-5-44-35(41)31-21(2)38-36-39(33(31)32-26-9-7-6-8-24(26)13-17-28(32)42-3)34(40)30(46-36)19-23-12-16-27(29(18-23)43-4)45-20-22-10-14-25(37)15-11-22/h6-19,33H,5,20H2,1-4H3/b30-19-/t33-/m1/s1. The summed E-state index contributed by atoms with van der Waals surface area (Å²) in [6, 6.07) is 24.3. The molecule has 1 aromatic heterocycles. The van der Waals surface area contributed by atoms with Gasteiger partial charge in [0.2, 0.25) is 0 Å². The Labute approximate surface area is 278 Å². The predicted molar refractivity (Wildman–Crippen MR) is 182 cm³/mol. The Morgan fingerprint density at radius 2 is 1.72 bits per heavy atom. The van der Waals surface area contributed by atoms with E-state index in [4.69, 9.17) is 23.9 Å². The summed E-state index contributed by atoms with van der Waals surface area (Å²) in [6.45, 7) is 4.08. The number of thiazole rings is 1. The molecule has 1 aliphatic rings. The molecule has 0 radical (unpaired) electrons. The van der Waals surface area contributed by atoms with Gasteiger partial charge in [0.05, 0.1) is 36.6 Å². The topological polar surface area (TPSA) is 88.4 Å². The lowest BCUT2D eigenvalue weighted by Crippen LogP contribution is -2.40. The Balaban J connectivity index is 1.47. The van der Waals surface area contributed by atoms with Crippen LogP contribution in [-0.2, 0) is 16.1 Å². The predicted octanol–water partition coefficient (Wildman–Crippen LogP) is 6.31. The average molecular weight is 700 g/mol. The number of carbonyl (C=O) groups is 1. The van der Waals surface area contributed by atoms with Crippen LogP contribution in [0.3, 0.4) is 0 Å². The molecule has 0 N–H and O–H groups in total. The van der Waals surface area contributed by atoms with E-state index < -0.39 is 12.0 Å². The molecule has 5 aromatic rings. The molecule has 234 valence electrons. The number of benzene rings is 4. The summed E-state index contributed by atoms with van der Waals surface area (Å²) in [5, 5.41) is 1.81. The molecule has 4 aromatic carbocycles. The van der Waals surface area contributed by atoms with E-state index >= 15 is 0 Å². The highest BCUT2D eigenvalue weighted by Gasteiger charge is 2.36.